The maximum Gasteiger partial charge on any atom is 0.416 e. The van der Waals surface area contributed by atoms with Gasteiger partial charge in [-0.2, -0.15) is 18.3 Å². The fourth-order valence-electron chi connectivity index (χ4n) is 2.88. The predicted molar refractivity (Wildman–Crippen MR) is 90.6 cm³/mol. The first-order valence-electron chi connectivity index (χ1n) is 7.73. The zero-order chi connectivity index (χ0) is 18.9. The molecule has 0 fully saturated rings. The van der Waals surface area contributed by atoms with Crippen molar-refractivity contribution in [1.29, 1.82) is 0 Å². The van der Waals surface area contributed by atoms with Gasteiger partial charge in [0.05, 0.1) is 11.6 Å². The molecule has 2 unspecified atom stereocenters. The smallest absolute Gasteiger partial charge is 0.378 e. The average molecular weight is 382 g/mol. The molecule has 3 aromatic rings. The Labute approximate surface area is 152 Å². The number of rotatable bonds is 4. The minimum Gasteiger partial charge on any atom is -0.378 e. The van der Waals surface area contributed by atoms with Crippen molar-refractivity contribution in [2.24, 2.45) is 0 Å². The van der Waals surface area contributed by atoms with Crippen molar-refractivity contribution in [3.05, 3.63) is 82.9 Å². The van der Waals surface area contributed by atoms with Gasteiger partial charge in [-0.3, -0.25) is 0 Å². The van der Waals surface area contributed by atoms with Crippen LogP contribution in [-0.2, 0) is 11.8 Å². The summed E-state index contributed by atoms with van der Waals surface area (Å²) >= 11 is 5.92. The van der Waals surface area contributed by atoms with Crippen molar-refractivity contribution >= 4 is 11.6 Å². The van der Waals surface area contributed by atoms with Crippen LogP contribution in [0.1, 0.15) is 29.7 Å². The van der Waals surface area contributed by atoms with Crippen LogP contribution in [0.2, 0.25) is 5.02 Å². The number of alkyl halides is 3. The molecule has 2 aromatic carbocycles. The van der Waals surface area contributed by atoms with Gasteiger partial charge in [-0.1, -0.05) is 35.9 Å². The summed E-state index contributed by atoms with van der Waals surface area (Å²) in [5, 5.41) is 16.1. The van der Waals surface area contributed by atoms with Crippen LogP contribution in [0.4, 0.5) is 13.2 Å². The fraction of sp³-hybridized carbons (Fsp3) is 0.222. The lowest BCUT2D eigenvalue weighted by Crippen LogP contribution is -2.37. The summed E-state index contributed by atoms with van der Waals surface area (Å²) in [6, 6.07) is 10.3. The molecular weight excluding hydrogens is 367 g/mol. The van der Waals surface area contributed by atoms with Crippen molar-refractivity contribution < 1.29 is 18.3 Å². The molecule has 136 valence electrons. The summed E-state index contributed by atoms with van der Waals surface area (Å²) in [6.07, 6.45) is -1.68. The standard InChI is InChI=1S/C18H15ClF3N3O/c1-12(25-11-23-10-24-25)17(26,14-6-8-16(19)9-7-14)13-2-4-15(5-3-13)18(20,21)22/h2-12,26H,1H3. The molecule has 3 rings (SSSR count). The molecule has 0 aliphatic carbocycles. The second-order valence-corrected chi connectivity index (χ2v) is 6.34. The molecule has 0 radical (unpaired) electrons. The molecule has 1 aromatic heterocycles. The van der Waals surface area contributed by atoms with E-state index in [-0.39, 0.29) is 0 Å². The number of hydrogen-bond donors (Lipinski definition) is 1. The molecular formula is C18H15ClF3N3O. The van der Waals surface area contributed by atoms with Gasteiger partial charge in [0.1, 0.15) is 18.3 Å². The zero-order valence-electron chi connectivity index (χ0n) is 13.7. The summed E-state index contributed by atoms with van der Waals surface area (Å²) in [7, 11) is 0. The molecule has 8 heteroatoms. The Kier molecular flexibility index (Phi) is 4.77. The Morgan fingerprint density at radius 1 is 0.962 bits per heavy atom. The number of benzene rings is 2. The SMILES string of the molecule is CC(n1cncn1)C(O)(c1ccc(Cl)cc1)c1ccc(C(F)(F)F)cc1. The van der Waals surface area contributed by atoms with E-state index >= 15 is 0 Å². The predicted octanol–water partition coefficient (Wildman–Crippen LogP) is 4.45. The van der Waals surface area contributed by atoms with E-state index in [1.54, 1.807) is 31.2 Å². The first-order valence-corrected chi connectivity index (χ1v) is 8.11. The number of aliphatic hydroxyl groups is 1. The quantitative estimate of drug-likeness (QED) is 0.726. The van der Waals surface area contributed by atoms with Crippen molar-refractivity contribution in [3.63, 3.8) is 0 Å². The van der Waals surface area contributed by atoms with E-state index in [1.807, 2.05) is 0 Å². The molecule has 2 atom stereocenters. The van der Waals surface area contributed by atoms with E-state index in [4.69, 9.17) is 11.6 Å². The summed E-state index contributed by atoms with van der Waals surface area (Å²) in [4.78, 5) is 3.88. The molecule has 0 amide bonds. The first kappa shape index (κ1) is 18.4. The van der Waals surface area contributed by atoms with Crippen LogP contribution in [0.5, 0.6) is 0 Å². The van der Waals surface area contributed by atoms with Crippen LogP contribution in [0.3, 0.4) is 0 Å². The number of nitrogens with zero attached hydrogens (tertiary/aromatic N) is 3. The van der Waals surface area contributed by atoms with Crippen LogP contribution in [0.15, 0.2) is 61.2 Å². The van der Waals surface area contributed by atoms with Gasteiger partial charge in [0, 0.05) is 5.02 Å². The van der Waals surface area contributed by atoms with Gasteiger partial charge in [-0.15, -0.1) is 0 Å². The third-order valence-corrected chi connectivity index (χ3v) is 4.63. The van der Waals surface area contributed by atoms with Crippen LogP contribution in [0, 0.1) is 0 Å². The van der Waals surface area contributed by atoms with Gasteiger partial charge in [-0.25, -0.2) is 9.67 Å². The first-order chi connectivity index (χ1) is 12.2. The van der Waals surface area contributed by atoms with Gasteiger partial charge in [-0.05, 0) is 42.3 Å². The number of aromatic nitrogens is 3. The lowest BCUT2D eigenvalue weighted by atomic mass is 9.80. The van der Waals surface area contributed by atoms with E-state index in [2.05, 4.69) is 10.1 Å². The van der Waals surface area contributed by atoms with E-state index in [9.17, 15) is 18.3 Å². The molecule has 0 spiro atoms. The Bertz CT molecular complexity index is 864. The van der Waals surface area contributed by atoms with E-state index in [0.717, 1.165) is 12.1 Å². The van der Waals surface area contributed by atoms with Crippen LogP contribution < -0.4 is 0 Å². The molecule has 26 heavy (non-hydrogen) atoms. The van der Waals surface area contributed by atoms with Gasteiger partial charge < -0.3 is 5.11 Å². The maximum absolute atomic E-state index is 12.9. The van der Waals surface area contributed by atoms with Crippen molar-refractivity contribution in [2.45, 2.75) is 24.7 Å². The molecule has 1 heterocycles. The van der Waals surface area contributed by atoms with Crippen molar-refractivity contribution in [1.82, 2.24) is 14.8 Å². The van der Waals surface area contributed by atoms with Crippen molar-refractivity contribution in [2.75, 3.05) is 0 Å². The zero-order valence-corrected chi connectivity index (χ0v) is 14.4. The van der Waals surface area contributed by atoms with E-state index in [0.29, 0.717) is 16.1 Å². The highest BCUT2D eigenvalue weighted by Gasteiger charge is 2.40. The summed E-state index contributed by atoms with van der Waals surface area (Å²) in [5.74, 6) is 0. The van der Waals surface area contributed by atoms with E-state index in [1.165, 1.54) is 29.5 Å². The lowest BCUT2D eigenvalue weighted by Gasteiger charge is -2.35. The molecule has 0 aliphatic heterocycles. The molecule has 0 bridgehead atoms. The van der Waals surface area contributed by atoms with Crippen LogP contribution >= 0.6 is 11.6 Å². The van der Waals surface area contributed by atoms with Crippen molar-refractivity contribution in [3.8, 4) is 0 Å². The van der Waals surface area contributed by atoms with Crippen LogP contribution in [0.25, 0.3) is 0 Å². The summed E-state index contributed by atoms with van der Waals surface area (Å²) < 4.78 is 40.0. The topological polar surface area (TPSA) is 50.9 Å². The second-order valence-electron chi connectivity index (χ2n) is 5.90. The minimum absolute atomic E-state index is 0.302. The van der Waals surface area contributed by atoms with Gasteiger partial charge >= 0.3 is 6.18 Å². The highest BCUT2D eigenvalue weighted by molar-refractivity contribution is 6.30. The largest absolute Gasteiger partial charge is 0.416 e. The number of hydrogen-bond acceptors (Lipinski definition) is 3. The maximum atomic E-state index is 12.9. The van der Waals surface area contributed by atoms with Gasteiger partial charge in [0.2, 0.25) is 0 Å². The summed E-state index contributed by atoms with van der Waals surface area (Å²) in [5.41, 5.74) is -1.64. The Balaban J connectivity index is 2.13. The summed E-state index contributed by atoms with van der Waals surface area (Å²) in [6.45, 7) is 1.71. The highest BCUT2D eigenvalue weighted by atomic mass is 35.5. The molecule has 1 N–H and O–H groups in total. The Hall–Kier alpha value is -2.38. The minimum atomic E-state index is -4.45. The highest BCUT2D eigenvalue weighted by Crippen LogP contribution is 2.40. The average Bonchev–Trinajstić information content (AvgIpc) is 3.15. The Morgan fingerprint density at radius 2 is 1.46 bits per heavy atom. The van der Waals surface area contributed by atoms with Gasteiger partial charge in [0.25, 0.3) is 0 Å². The number of halogens is 4. The monoisotopic (exact) mass is 381 g/mol. The lowest BCUT2D eigenvalue weighted by molar-refractivity contribution is -0.137. The van der Waals surface area contributed by atoms with Crippen LogP contribution in [-0.4, -0.2) is 19.9 Å². The van der Waals surface area contributed by atoms with E-state index < -0.39 is 23.4 Å². The van der Waals surface area contributed by atoms with Gasteiger partial charge in [0.15, 0.2) is 0 Å². The molecule has 0 saturated heterocycles. The molecule has 0 aliphatic rings. The normalized spacial score (nSPS) is 15.5. The Morgan fingerprint density at radius 3 is 1.92 bits per heavy atom. The second kappa shape index (κ2) is 6.74. The third-order valence-electron chi connectivity index (χ3n) is 4.37. The molecule has 4 nitrogen and oxygen atoms in total. The molecule has 0 saturated carbocycles. The fourth-order valence-corrected chi connectivity index (χ4v) is 3.00. The third kappa shape index (κ3) is 3.32.